The van der Waals surface area contributed by atoms with Crippen molar-refractivity contribution in [3.05, 3.63) is 83.5 Å². The summed E-state index contributed by atoms with van der Waals surface area (Å²) in [4.78, 5) is 24.5. The molecule has 1 aromatic heterocycles. The molecule has 1 fully saturated rings. The van der Waals surface area contributed by atoms with Crippen LogP contribution in [0, 0.1) is 20.4 Å². The molecular formula is C28H28N4O2S. The first kappa shape index (κ1) is 24.4. The van der Waals surface area contributed by atoms with Crippen molar-refractivity contribution in [2.45, 2.75) is 39.7 Å². The van der Waals surface area contributed by atoms with Gasteiger partial charge in [0.25, 0.3) is 5.91 Å². The van der Waals surface area contributed by atoms with Crippen LogP contribution >= 0.6 is 12.2 Å². The average Bonchev–Trinajstić information content (AvgIpc) is 3.00. The topological polar surface area (TPSA) is 50.0 Å². The van der Waals surface area contributed by atoms with Crippen LogP contribution in [0.2, 0.25) is 0 Å². The van der Waals surface area contributed by atoms with E-state index in [1.54, 1.807) is 17.0 Å². The molecule has 2 aromatic carbocycles. The molecule has 0 saturated carbocycles. The highest BCUT2D eigenvalue weighted by molar-refractivity contribution is 7.80. The van der Waals surface area contributed by atoms with Crippen LogP contribution in [0.3, 0.4) is 0 Å². The average molecular weight is 485 g/mol. The number of rotatable bonds is 7. The molecule has 0 aliphatic carbocycles. The second kappa shape index (κ2) is 9.85. The summed E-state index contributed by atoms with van der Waals surface area (Å²) in [6.45, 7) is 16.0. The molecule has 0 radical (unpaired) electrons. The van der Waals surface area contributed by atoms with Gasteiger partial charge in [0.1, 0.15) is 11.3 Å². The third kappa shape index (κ3) is 4.89. The molecule has 0 N–H and O–H groups in total. The van der Waals surface area contributed by atoms with Crippen molar-refractivity contribution in [1.82, 2.24) is 9.88 Å². The Hall–Kier alpha value is -3.76. The first-order valence-corrected chi connectivity index (χ1v) is 11.9. The summed E-state index contributed by atoms with van der Waals surface area (Å²) >= 11 is 5.71. The standard InChI is InChI=1S/C28H28N4O2S/c1-19-17-23(9-12-25(19)29-5)32-26(33)28(3,4)31(27(32)35)15-6-16-34-24-10-7-21(8-11-24)22-13-14-30-20(2)18-22/h7-14,17-18H,6,15-16H2,1-4H3. The fourth-order valence-corrected chi connectivity index (χ4v) is 4.73. The van der Waals surface area contributed by atoms with Gasteiger partial charge >= 0.3 is 0 Å². The van der Waals surface area contributed by atoms with Gasteiger partial charge in [0, 0.05) is 24.1 Å². The Kier molecular flexibility index (Phi) is 6.86. The number of nitrogens with zero attached hydrogens (tertiary/aromatic N) is 4. The van der Waals surface area contributed by atoms with Crippen LogP contribution < -0.4 is 9.64 Å². The lowest BCUT2D eigenvalue weighted by Gasteiger charge is -2.29. The summed E-state index contributed by atoms with van der Waals surface area (Å²) in [7, 11) is 0. The van der Waals surface area contributed by atoms with E-state index in [-0.39, 0.29) is 5.91 Å². The quantitative estimate of drug-likeness (QED) is 0.230. The molecule has 0 spiro atoms. The second-order valence-electron chi connectivity index (χ2n) is 9.13. The van der Waals surface area contributed by atoms with Gasteiger partial charge < -0.3 is 9.64 Å². The Morgan fingerprint density at radius 1 is 1.06 bits per heavy atom. The van der Waals surface area contributed by atoms with Gasteiger partial charge in [-0.05, 0) is 99.4 Å². The van der Waals surface area contributed by atoms with Gasteiger partial charge in [-0.1, -0.05) is 18.2 Å². The Morgan fingerprint density at radius 2 is 1.80 bits per heavy atom. The summed E-state index contributed by atoms with van der Waals surface area (Å²) in [5, 5.41) is 0.479. The molecule has 1 amide bonds. The highest BCUT2D eigenvalue weighted by atomic mass is 32.1. The Balaban J connectivity index is 1.37. The first-order valence-electron chi connectivity index (χ1n) is 11.5. The molecule has 1 aliphatic rings. The molecular weight excluding hydrogens is 456 g/mol. The van der Waals surface area contributed by atoms with Crippen LogP contribution in [0.4, 0.5) is 11.4 Å². The largest absolute Gasteiger partial charge is 0.494 e. The Bertz CT molecular complexity index is 1310. The number of carbonyl (C=O) groups excluding carboxylic acids is 1. The number of benzene rings is 2. The Labute approximate surface area is 212 Å². The lowest BCUT2D eigenvalue weighted by atomic mass is 10.0. The zero-order chi connectivity index (χ0) is 25.2. The maximum absolute atomic E-state index is 13.2. The molecule has 0 atom stereocenters. The summed E-state index contributed by atoms with van der Waals surface area (Å²) in [5.74, 6) is 0.733. The van der Waals surface area contributed by atoms with Crippen LogP contribution in [0.15, 0.2) is 60.8 Å². The highest BCUT2D eigenvalue weighted by Crippen LogP contribution is 2.34. The third-order valence-electron chi connectivity index (χ3n) is 6.26. The predicted octanol–water partition coefficient (Wildman–Crippen LogP) is 6.10. The molecule has 6 nitrogen and oxygen atoms in total. The highest BCUT2D eigenvalue weighted by Gasteiger charge is 2.49. The molecule has 178 valence electrons. The van der Waals surface area contributed by atoms with Crippen molar-refractivity contribution in [3.63, 3.8) is 0 Å². The van der Waals surface area contributed by atoms with E-state index in [1.165, 1.54) is 0 Å². The molecule has 3 aromatic rings. The van der Waals surface area contributed by atoms with Crippen molar-refractivity contribution in [1.29, 1.82) is 0 Å². The van der Waals surface area contributed by atoms with E-state index in [0.29, 0.717) is 36.1 Å². The molecule has 2 heterocycles. The van der Waals surface area contributed by atoms with Crippen LogP contribution in [-0.2, 0) is 4.79 Å². The maximum Gasteiger partial charge on any atom is 0.258 e. The van der Waals surface area contributed by atoms with Gasteiger partial charge in [0.15, 0.2) is 10.8 Å². The number of ether oxygens (including phenoxy) is 1. The maximum atomic E-state index is 13.2. The zero-order valence-electron chi connectivity index (χ0n) is 20.4. The zero-order valence-corrected chi connectivity index (χ0v) is 21.2. The minimum Gasteiger partial charge on any atom is -0.494 e. The van der Waals surface area contributed by atoms with E-state index < -0.39 is 5.54 Å². The van der Waals surface area contributed by atoms with Gasteiger partial charge in [0.05, 0.1) is 13.2 Å². The number of aryl methyl sites for hydroxylation is 2. The van der Waals surface area contributed by atoms with Crippen molar-refractivity contribution in [3.8, 4) is 16.9 Å². The predicted molar refractivity (Wildman–Crippen MR) is 143 cm³/mol. The monoisotopic (exact) mass is 484 g/mol. The van der Waals surface area contributed by atoms with Crippen molar-refractivity contribution >= 4 is 34.6 Å². The summed E-state index contributed by atoms with van der Waals surface area (Å²) < 4.78 is 5.95. The van der Waals surface area contributed by atoms with E-state index in [1.807, 2.05) is 75.2 Å². The minimum absolute atomic E-state index is 0.0691. The van der Waals surface area contributed by atoms with E-state index in [9.17, 15) is 4.79 Å². The molecule has 0 bridgehead atoms. The van der Waals surface area contributed by atoms with Gasteiger partial charge in [0.2, 0.25) is 0 Å². The van der Waals surface area contributed by atoms with Gasteiger partial charge in [-0.15, -0.1) is 0 Å². The molecule has 4 rings (SSSR count). The normalized spacial score (nSPS) is 14.8. The molecule has 1 saturated heterocycles. The fourth-order valence-electron chi connectivity index (χ4n) is 4.22. The molecule has 35 heavy (non-hydrogen) atoms. The fraction of sp³-hybridized carbons (Fsp3) is 0.286. The van der Waals surface area contributed by atoms with Gasteiger partial charge in [-0.3, -0.25) is 14.7 Å². The molecule has 7 heteroatoms. The smallest absolute Gasteiger partial charge is 0.258 e. The summed E-state index contributed by atoms with van der Waals surface area (Å²) in [6.07, 6.45) is 2.53. The van der Waals surface area contributed by atoms with Crippen molar-refractivity contribution in [2.75, 3.05) is 18.1 Å². The van der Waals surface area contributed by atoms with Crippen LogP contribution in [-0.4, -0.2) is 39.6 Å². The lowest BCUT2D eigenvalue weighted by molar-refractivity contribution is -0.123. The number of anilines is 1. The van der Waals surface area contributed by atoms with E-state index in [4.69, 9.17) is 23.5 Å². The van der Waals surface area contributed by atoms with Gasteiger partial charge in [-0.2, -0.15) is 0 Å². The first-order chi connectivity index (χ1) is 16.7. The van der Waals surface area contributed by atoms with Crippen LogP contribution in [0.25, 0.3) is 16.0 Å². The number of hydrogen-bond donors (Lipinski definition) is 0. The molecule has 1 aliphatic heterocycles. The van der Waals surface area contributed by atoms with Crippen molar-refractivity contribution < 1.29 is 9.53 Å². The van der Waals surface area contributed by atoms with E-state index in [2.05, 4.69) is 15.9 Å². The Morgan fingerprint density at radius 3 is 2.46 bits per heavy atom. The number of amides is 1. The lowest BCUT2D eigenvalue weighted by Crippen LogP contribution is -2.44. The number of carbonyl (C=O) groups is 1. The number of hydrogen-bond acceptors (Lipinski definition) is 4. The molecule has 0 unspecified atom stereocenters. The minimum atomic E-state index is -0.756. The summed E-state index contributed by atoms with van der Waals surface area (Å²) in [6, 6.07) is 17.4. The van der Waals surface area contributed by atoms with Crippen molar-refractivity contribution in [2.24, 2.45) is 0 Å². The number of thiocarbonyl (C=S) groups is 1. The van der Waals surface area contributed by atoms with Crippen LogP contribution in [0.5, 0.6) is 5.75 Å². The summed E-state index contributed by atoms with van der Waals surface area (Å²) in [5.41, 5.74) is 4.56. The second-order valence-corrected chi connectivity index (χ2v) is 9.49. The number of pyridine rings is 1. The third-order valence-corrected chi connectivity index (χ3v) is 6.66. The number of aromatic nitrogens is 1. The van der Waals surface area contributed by atoms with Gasteiger partial charge in [-0.25, -0.2) is 4.85 Å². The van der Waals surface area contributed by atoms with E-state index >= 15 is 0 Å². The van der Waals surface area contributed by atoms with Crippen LogP contribution in [0.1, 0.15) is 31.5 Å². The SMILES string of the molecule is [C-]#[N+]c1ccc(N2C(=O)C(C)(C)N(CCCOc3ccc(-c4ccnc(C)c4)cc3)C2=S)cc1C. The van der Waals surface area contributed by atoms with E-state index in [0.717, 1.165) is 28.1 Å².